The number of amides is 1. The van der Waals surface area contributed by atoms with Crippen molar-refractivity contribution in [1.29, 1.82) is 0 Å². The zero-order valence-electron chi connectivity index (χ0n) is 13.3. The Balaban J connectivity index is 1.72. The van der Waals surface area contributed by atoms with Gasteiger partial charge in [0.25, 0.3) is 0 Å². The fraction of sp³-hybridized carbons (Fsp3) is 0.400. The van der Waals surface area contributed by atoms with Crippen molar-refractivity contribution in [2.75, 3.05) is 18.1 Å². The van der Waals surface area contributed by atoms with Crippen LogP contribution in [0.4, 0.5) is 5.69 Å². The second-order valence-electron chi connectivity index (χ2n) is 5.76. The highest BCUT2D eigenvalue weighted by molar-refractivity contribution is 7.88. The molecule has 2 heterocycles. The number of benzene rings is 1. The van der Waals surface area contributed by atoms with Crippen LogP contribution in [-0.2, 0) is 14.8 Å². The minimum absolute atomic E-state index is 0.298. The van der Waals surface area contributed by atoms with Gasteiger partial charge in [-0.1, -0.05) is 6.42 Å². The van der Waals surface area contributed by atoms with E-state index in [-0.39, 0.29) is 5.91 Å². The van der Waals surface area contributed by atoms with Crippen molar-refractivity contribution in [2.45, 2.75) is 25.3 Å². The minimum atomic E-state index is -3.39. The number of nitrogens with zero attached hydrogens (tertiary/aromatic N) is 4. The summed E-state index contributed by atoms with van der Waals surface area (Å²) < 4.78 is 26.6. The Kier molecular flexibility index (Phi) is 4.63. The highest BCUT2D eigenvalue weighted by Crippen LogP contribution is 2.21. The number of sulfonamides is 1. The lowest BCUT2D eigenvalue weighted by Crippen LogP contribution is -2.49. The number of nitrogens with one attached hydrogen (secondary N) is 1. The van der Waals surface area contributed by atoms with Gasteiger partial charge in [0, 0.05) is 12.2 Å². The Morgan fingerprint density at radius 2 is 2.00 bits per heavy atom. The number of hydrogen-bond donors (Lipinski definition) is 1. The molecular weight excluding hydrogens is 330 g/mol. The number of rotatable bonds is 4. The van der Waals surface area contributed by atoms with Crippen LogP contribution in [0.5, 0.6) is 0 Å². The van der Waals surface area contributed by atoms with E-state index in [0.717, 1.165) is 24.8 Å². The highest BCUT2D eigenvalue weighted by atomic mass is 32.2. The van der Waals surface area contributed by atoms with Crippen LogP contribution >= 0.6 is 0 Å². The minimum Gasteiger partial charge on any atom is -0.325 e. The number of hydrogen-bond acceptors (Lipinski definition) is 5. The van der Waals surface area contributed by atoms with E-state index in [0.29, 0.717) is 18.7 Å². The standard InChI is InChI=1S/C15H19N5O3S/c1-24(22,23)20-9-3-2-4-14(20)15(21)18-12-5-7-13(8-6-12)19-11-16-10-17-19/h5-8,10-11,14H,2-4,9H2,1H3,(H,18,21). The summed E-state index contributed by atoms with van der Waals surface area (Å²) in [7, 11) is -3.39. The molecule has 0 radical (unpaired) electrons. The van der Waals surface area contributed by atoms with Gasteiger partial charge in [0.15, 0.2) is 0 Å². The molecule has 1 unspecified atom stereocenters. The molecular formula is C15H19N5O3S. The second kappa shape index (κ2) is 6.70. The van der Waals surface area contributed by atoms with Crippen LogP contribution in [0.1, 0.15) is 19.3 Å². The van der Waals surface area contributed by atoms with E-state index in [1.54, 1.807) is 35.3 Å². The van der Waals surface area contributed by atoms with Crippen molar-refractivity contribution in [3.63, 3.8) is 0 Å². The maximum absolute atomic E-state index is 12.5. The van der Waals surface area contributed by atoms with E-state index in [2.05, 4.69) is 15.4 Å². The molecule has 0 bridgehead atoms. The van der Waals surface area contributed by atoms with Gasteiger partial charge in [0.1, 0.15) is 18.7 Å². The Morgan fingerprint density at radius 3 is 2.62 bits per heavy atom. The maximum Gasteiger partial charge on any atom is 0.242 e. The van der Waals surface area contributed by atoms with Gasteiger partial charge in [-0.2, -0.15) is 9.40 Å². The summed E-state index contributed by atoms with van der Waals surface area (Å²) in [6, 6.07) is 6.47. The monoisotopic (exact) mass is 349 g/mol. The first-order valence-electron chi connectivity index (χ1n) is 7.68. The molecule has 1 aliphatic heterocycles. The van der Waals surface area contributed by atoms with E-state index < -0.39 is 16.1 Å². The smallest absolute Gasteiger partial charge is 0.242 e. The molecule has 24 heavy (non-hydrogen) atoms. The SMILES string of the molecule is CS(=O)(=O)N1CCCCC1C(=O)Nc1ccc(-n2cncn2)cc1. The number of carbonyl (C=O) groups is 1. The van der Waals surface area contributed by atoms with Gasteiger partial charge in [-0.3, -0.25) is 4.79 Å². The maximum atomic E-state index is 12.5. The number of aromatic nitrogens is 3. The van der Waals surface area contributed by atoms with Crippen LogP contribution in [-0.4, -0.2) is 52.2 Å². The topological polar surface area (TPSA) is 97.2 Å². The molecule has 0 aliphatic carbocycles. The van der Waals surface area contributed by atoms with E-state index in [1.165, 1.54) is 10.6 Å². The van der Waals surface area contributed by atoms with Crippen LogP contribution in [0.2, 0.25) is 0 Å². The fourth-order valence-corrected chi connectivity index (χ4v) is 3.95. The van der Waals surface area contributed by atoms with E-state index in [9.17, 15) is 13.2 Å². The Bertz CT molecular complexity index is 802. The van der Waals surface area contributed by atoms with Gasteiger partial charge in [0.05, 0.1) is 11.9 Å². The van der Waals surface area contributed by atoms with Gasteiger partial charge in [-0.15, -0.1) is 0 Å². The zero-order valence-corrected chi connectivity index (χ0v) is 14.1. The average Bonchev–Trinajstić information content (AvgIpc) is 3.09. The van der Waals surface area contributed by atoms with E-state index >= 15 is 0 Å². The number of piperidine rings is 1. The summed E-state index contributed by atoms with van der Waals surface area (Å²) in [5.41, 5.74) is 1.43. The summed E-state index contributed by atoms with van der Waals surface area (Å²) in [4.78, 5) is 16.4. The molecule has 1 saturated heterocycles. The third kappa shape index (κ3) is 3.62. The third-order valence-electron chi connectivity index (χ3n) is 4.00. The second-order valence-corrected chi connectivity index (χ2v) is 7.70. The number of carbonyl (C=O) groups excluding carboxylic acids is 1. The lowest BCUT2D eigenvalue weighted by atomic mass is 10.0. The van der Waals surface area contributed by atoms with Crippen molar-refractivity contribution in [2.24, 2.45) is 0 Å². The molecule has 2 aromatic rings. The largest absolute Gasteiger partial charge is 0.325 e. The zero-order chi connectivity index (χ0) is 17.2. The van der Waals surface area contributed by atoms with Crippen LogP contribution in [0.25, 0.3) is 5.69 Å². The van der Waals surface area contributed by atoms with Crippen molar-refractivity contribution in [1.82, 2.24) is 19.1 Å². The fourth-order valence-electron chi connectivity index (χ4n) is 2.83. The molecule has 128 valence electrons. The third-order valence-corrected chi connectivity index (χ3v) is 5.29. The first kappa shape index (κ1) is 16.6. The number of anilines is 1. The first-order valence-corrected chi connectivity index (χ1v) is 9.53. The van der Waals surface area contributed by atoms with Crippen molar-refractivity contribution in [3.05, 3.63) is 36.9 Å². The van der Waals surface area contributed by atoms with Gasteiger partial charge in [-0.05, 0) is 37.1 Å². The lowest BCUT2D eigenvalue weighted by molar-refractivity contribution is -0.120. The van der Waals surface area contributed by atoms with Gasteiger partial charge < -0.3 is 5.32 Å². The van der Waals surface area contributed by atoms with Crippen molar-refractivity contribution in [3.8, 4) is 5.69 Å². The molecule has 1 N–H and O–H groups in total. The molecule has 1 aromatic carbocycles. The molecule has 8 nitrogen and oxygen atoms in total. The van der Waals surface area contributed by atoms with Crippen molar-refractivity contribution >= 4 is 21.6 Å². The molecule has 1 aliphatic rings. The summed E-state index contributed by atoms with van der Waals surface area (Å²) in [6.45, 7) is 0.391. The summed E-state index contributed by atoms with van der Waals surface area (Å²) in [5, 5.41) is 6.83. The summed E-state index contributed by atoms with van der Waals surface area (Å²) in [5.74, 6) is -0.298. The predicted molar refractivity (Wildman–Crippen MR) is 89.2 cm³/mol. The van der Waals surface area contributed by atoms with Gasteiger partial charge in [0.2, 0.25) is 15.9 Å². The van der Waals surface area contributed by atoms with E-state index in [1.807, 2.05) is 0 Å². The summed E-state index contributed by atoms with van der Waals surface area (Å²) in [6.07, 6.45) is 6.33. The molecule has 1 amide bonds. The van der Waals surface area contributed by atoms with Crippen LogP contribution in [0, 0.1) is 0 Å². The first-order chi connectivity index (χ1) is 11.4. The Morgan fingerprint density at radius 1 is 1.25 bits per heavy atom. The predicted octanol–water partition coefficient (Wildman–Crippen LogP) is 1.02. The quantitative estimate of drug-likeness (QED) is 0.889. The molecule has 9 heteroatoms. The van der Waals surface area contributed by atoms with Gasteiger partial charge in [-0.25, -0.2) is 18.1 Å². The Hall–Kier alpha value is -2.26. The highest BCUT2D eigenvalue weighted by Gasteiger charge is 2.34. The summed E-state index contributed by atoms with van der Waals surface area (Å²) >= 11 is 0. The lowest BCUT2D eigenvalue weighted by Gasteiger charge is -2.32. The Labute approximate surface area is 140 Å². The van der Waals surface area contributed by atoms with E-state index in [4.69, 9.17) is 0 Å². The van der Waals surface area contributed by atoms with Crippen LogP contribution < -0.4 is 5.32 Å². The van der Waals surface area contributed by atoms with Gasteiger partial charge >= 0.3 is 0 Å². The molecule has 3 rings (SSSR count). The molecule has 0 saturated carbocycles. The average molecular weight is 349 g/mol. The van der Waals surface area contributed by atoms with Crippen LogP contribution in [0.15, 0.2) is 36.9 Å². The molecule has 1 aromatic heterocycles. The normalized spacial score (nSPS) is 19.1. The molecule has 1 atom stereocenters. The van der Waals surface area contributed by atoms with Crippen molar-refractivity contribution < 1.29 is 13.2 Å². The molecule has 1 fully saturated rings. The molecule has 0 spiro atoms. The van der Waals surface area contributed by atoms with Crippen LogP contribution in [0.3, 0.4) is 0 Å².